The van der Waals surface area contributed by atoms with E-state index in [1.165, 1.54) is 17.1 Å². The van der Waals surface area contributed by atoms with Crippen molar-refractivity contribution in [2.45, 2.75) is 19.3 Å². The molecule has 2 N–H and O–H groups in total. The number of carbonyl (C=O) groups excluding carboxylic acids is 2. The zero-order valence-electron chi connectivity index (χ0n) is 13.3. The van der Waals surface area contributed by atoms with E-state index in [0.29, 0.717) is 12.1 Å². The van der Waals surface area contributed by atoms with Crippen LogP contribution in [0.1, 0.15) is 28.8 Å². The third kappa shape index (κ3) is 3.87. The molecule has 24 heavy (non-hydrogen) atoms. The summed E-state index contributed by atoms with van der Waals surface area (Å²) >= 11 is 0. The number of aromatic nitrogens is 2. The van der Waals surface area contributed by atoms with Gasteiger partial charge in [0.05, 0.1) is 0 Å². The van der Waals surface area contributed by atoms with Gasteiger partial charge in [-0.05, 0) is 30.2 Å². The molecule has 1 aromatic carbocycles. The number of Topliss-reactive ketones (excluding diaryl/α,β-unsaturated/α-hetero) is 1. The van der Waals surface area contributed by atoms with Crippen LogP contribution in [0.15, 0.2) is 55.0 Å². The topological polar surface area (TPSA) is 74.8 Å². The highest BCUT2D eigenvalue weighted by Crippen LogP contribution is 2.17. The lowest BCUT2D eigenvalue weighted by Gasteiger charge is -2.05. The van der Waals surface area contributed by atoms with Crippen LogP contribution in [-0.2, 0) is 11.2 Å². The van der Waals surface area contributed by atoms with Gasteiger partial charge < -0.3 is 10.3 Å². The largest absolute Gasteiger partial charge is 0.361 e. The second-order valence-electron chi connectivity index (χ2n) is 5.62. The lowest BCUT2D eigenvalue weighted by atomic mass is 10.1. The third-order valence-corrected chi connectivity index (χ3v) is 3.95. The minimum atomic E-state index is -0.105. The molecule has 0 unspecified atom stereocenters. The van der Waals surface area contributed by atoms with Crippen LogP contribution in [0.2, 0.25) is 0 Å². The van der Waals surface area contributed by atoms with Gasteiger partial charge in [0, 0.05) is 54.4 Å². The van der Waals surface area contributed by atoms with E-state index in [-0.39, 0.29) is 24.5 Å². The zero-order chi connectivity index (χ0) is 16.8. The Balaban J connectivity index is 1.44. The van der Waals surface area contributed by atoms with Crippen LogP contribution in [0.3, 0.4) is 0 Å². The molecule has 0 aliphatic carbocycles. The van der Waals surface area contributed by atoms with E-state index in [2.05, 4.69) is 21.4 Å². The van der Waals surface area contributed by atoms with Crippen LogP contribution in [0.4, 0.5) is 0 Å². The number of pyridine rings is 1. The van der Waals surface area contributed by atoms with Crippen molar-refractivity contribution in [2.24, 2.45) is 0 Å². The molecule has 0 bridgehead atoms. The molecule has 0 radical (unpaired) electrons. The van der Waals surface area contributed by atoms with Crippen LogP contribution < -0.4 is 5.32 Å². The predicted octanol–water partition coefficient (Wildman–Crippen LogP) is 2.88. The number of H-pyrrole nitrogens is 1. The number of nitrogens with zero attached hydrogens (tertiary/aromatic N) is 1. The molecular formula is C19H19N3O2. The van der Waals surface area contributed by atoms with Gasteiger partial charge in [-0.15, -0.1) is 0 Å². The first kappa shape index (κ1) is 15.9. The molecule has 0 aliphatic rings. The molecule has 122 valence electrons. The van der Waals surface area contributed by atoms with E-state index in [9.17, 15) is 9.59 Å². The van der Waals surface area contributed by atoms with Crippen molar-refractivity contribution in [2.75, 3.05) is 6.54 Å². The Kier molecular flexibility index (Phi) is 5.01. The van der Waals surface area contributed by atoms with E-state index in [1.54, 1.807) is 18.3 Å². The third-order valence-electron chi connectivity index (χ3n) is 3.95. The Morgan fingerprint density at radius 1 is 1.08 bits per heavy atom. The van der Waals surface area contributed by atoms with Crippen molar-refractivity contribution in [3.8, 4) is 0 Å². The van der Waals surface area contributed by atoms with Crippen molar-refractivity contribution in [3.05, 3.63) is 66.1 Å². The summed E-state index contributed by atoms with van der Waals surface area (Å²) in [5.41, 5.74) is 2.82. The van der Waals surface area contributed by atoms with Gasteiger partial charge in [-0.2, -0.15) is 0 Å². The summed E-state index contributed by atoms with van der Waals surface area (Å²) in [4.78, 5) is 30.9. The van der Waals surface area contributed by atoms with Crippen molar-refractivity contribution >= 4 is 22.6 Å². The van der Waals surface area contributed by atoms with Crippen LogP contribution in [-0.4, -0.2) is 28.2 Å². The molecule has 2 heterocycles. The van der Waals surface area contributed by atoms with Gasteiger partial charge in [-0.25, -0.2) is 0 Å². The fraction of sp³-hybridized carbons (Fsp3) is 0.211. The van der Waals surface area contributed by atoms with E-state index >= 15 is 0 Å². The fourth-order valence-corrected chi connectivity index (χ4v) is 2.66. The molecule has 1 amide bonds. The quantitative estimate of drug-likeness (QED) is 0.657. The molecule has 5 nitrogen and oxygen atoms in total. The summed E-state index contributed by atoms with van der Waals surface area (Å²) in [6.45, 7) is 0.557. The number of aromatic amines is 1. The molecule has 2 aromatic heterocycles. The summed E-state index contributed by atoms with van der Waals surface area (Å²) in [5, 5.41) is 4.05. The fourth-order valence-electron chi connectivity index (χ4n) is 2.66. The number of para-hydroxylation sites is 1. The lowest BCUT2D eigenvalue weighted by molar-refractivity contribution is -0.121. The molecule has 3 aromatic rings. The number of hydrogen-bond acceptors (Lipinski definition) is 3. The molecule has 0 atom stereocenters. The molecule has 0 fully saturated rings. The molecule has 0 spiro atoms. The van der Waals surface area contributed by atoms with Crippen LogP contribution in [0.5, 0.6) is 0 Å². The monoisotopic (exact) mass is 321 g/mol. The maximum Gasteiger partial charge on any atom is 0.220 e. The Morgan fingerprint density at radius 2 is 1.96 bits per heavy atom. The zero-order valence-corrected chi connectivity index (χ0v) is 13.3. The van der Waals surface area contributed by atoms with Crippen molar-refractivity contribution in [1.29, 1.82) is 0 Å². The van der Waals surface area contributed by atoms with Crippen LogP contribution in [0.25, 0.3) is 10.9 Å². The van der Waals surface area contributed by atoms with Crippen LogP contribution in [0, 0.1) is 0 Å². The van der Waals surface area contributed by atoms with Crippen LogP contribution >= 0.6 is 0 Å². The summed E-state index contributed by atoms with van der Waals surface area (Å²) in [6, 6.07) is 11.5. The Morgan fingerprint density at radius 3 is 2.79 bits per heavy atom. The number of fused-ring (bicyclic) bond motifs is 1. The van der Waals surface area contributed by atoms with Gasteiger partial charge in [-0.1, -0.05) is 18.2 Å². The number of rotatable bonds is 7. The first-order valence-corrected chi connectivity index (χ1v) is 7.99. The summed E-state index contributed by atoms with van der Waals surface area (Å²) in [5.74, 6) is -0.165. The van der Waals surface area contributed by atoms with E-state index < -0.39 is 0 Å². The smallest absolute Gasteiger partial charge is 0.220 e. The molecule has 0 aliphatic heterocycles. The van der Waals surface area contributed by atoms with E-state index in [0.717, 1.165) is 11.9 Å². The number of benzene rings is 1. The minimum absolute atomic E-state index is 0.0603. The summed E-state index contributed by atoms with van der Waals surface area (Å²) in [6.07, 6.45) is 6.27. The van der Waals surface area contributed by atoms with Gasteiger partial charge in [0.2, 0.25) is 5.91 Å². The predicted molar refractivity (Wildman–Crippen MR) is 92.8 cm³/mol. The number of carbonyl (C=O) groups is 2. The Hall–Kier alpha value is -2.95. The maximum absolute atomic E-state index is 11.9. The lowest BCUT2D eigenvalue weighted by Crippen LogP contribution is -2.26. The molecule has 3 rings (SSSR count). The van der Waals surface area contributed by atoms with Crippen molar-refractivity contribution in [3.63, 3.8) is 0 Å². The van der Waals surface area contributed by atoms with Gasteiger partial charge in [0.15, 0.2) is 5.78 Å². The molecule has 0 saturated carbocycles. The van der Waals surface area contributed by atoms with Gasteiger partial charge in [-0.3, -0.25) is 14.6 Å². The standard InChI is InChI=1S/C19H19N3O2/c23-18(15-4-3-10-20-12-15)7-8-19(24)21-11-9-14-13-22-17-6-2-1-5-16(14)17/h1-6,10,12-13,22H,7-9,11H2,(H,21,24). The molecule has 0 saturated heterocycles. The van der Waals surface area contributed by atoms with Crippen molar-refractivity contribution < 1.29 is 9.59 Å². The van der Waals surface area contributed by atoms with E-state index in [4.69, 9.17) is 0 Å². The number of hydrogen-bond donors (Lipinski definition) is 2. The Labute approximate surface area is 140 Å². The summed E-state index contributed by atoms with van der Waals surface area (Å²) < 4.78 is 0. The molecule has 5 heteroatoms. The number of ketones is 1. The maximum atomic E-state index is 11.9. The highest BCUT2D eigenvalue weighted by atomic mass is 16.2. The van der Waals surface area contributed by atoms with E-state index in [1.807, 2.05) is 24.4 Å². The van der Waals surface area contributed by atoms with Gasteiger partial charge >= 0.3 is 0 Å². The first-order valence-electron chi connectivity index (χ1n) is 7.99. The number of nitrogens with one attached hydrogen (secondary N) is 2. The Bertz CT molecular complexity index is 840. The average Bonchev–Trinajstić information content (AvgIpc) is 3.04. The van der Waals surface area contributed by atoms with Crippen molar-refractivity contribution in [1.82, 2.24) is 15.3 Å². The normalized spacial score (nSPS) is 10.7. The first-order chi connectivity index (χ1) is 11.7. The van der Waals surface area contributed by atoms with Gasteiger partial charge in [0.25, 0.3) is 0 Å². The average molecular weight is 321 g/mol. The highest BCUT2D eigenvalue weighted by molar-refractivity contribution is 5.97. The minimum Gasteiger partial charge on any atom is -0.361 e. The molecular weight excluding hydrogens is 302 g/mol. The number of amides is 1. The highest BCUT2D eigenvalue weighted by Gasteiger charge is 2.09. The second kappa shape index (κ2) is 7.55. The van der Waals surface area contributed by atoms with Gasteiger partial charge in [0.1, 0.15) is 0 Å². The SMILES string of the molecule is O=C(CCC(=O)c1cccnc1)NCCc1c[nH]c2ccccc12. The summed E-state index contributed by atoms with van der Waals surface area (Å²) in [7, 11) is 0. The second-order valence-corrected chi connectivity index (χ2v) is 5.62.